The Morgan fingerprint density at radius 3 is 1.97 bits per heavy atom. The molecule has 0 fully saturated rings. The number of hydrogen-bond acceptors (Lipinski definition) is 5. The lowest BCUT2D eigenvalue weighted by Crippen LogP contribution is -2.33. The van der Waals surface area contributed by atoms with Crippen LogP contribution in [0.4, 0.5) is 5.69 Å². The largest absolute Gasteiger partial charge is 0.491 e. The Morgan fingerprint density at radius 1 is 0.909 bits per heavy atom. The van der Waals surface area contributed by atoms with Crippen LogP contribution in [-0.4, -0.2) is 47.3 Å². The van der Waals surface area contributed by atoms with Crippen LogP contribution in [0.5, 0.6) is 5.75 Å². The third-order valence-corrected chi connectivity index (χ3v) is 6.84. The maximum absolute atomic E-state index is 10.4. The number of anilines is 1. The van der Waals surface area contributed by atoms with Gasteiger partial charge in [0.2, 0.25) is 0 Å². The maximum atomic E-state index is 10.4. The van der Waals surface area contributed by atoms with Crippen molar-refractivity contribution in [2.45, 2.75) is 78.9 Å². The van der Waals surface area contributed by atoms with Gasteiger partial charge in [-0.25, -0.2) is 0 Å². The zero-order valence-electron chi connectivity index (χ0n) is 21.4. The normalized spacial score (nSPS) is 14.1. The second-order valence-electron chi connectivity index (χ2n) is 10.2. The van der Waals surface area contributed by atoms with Crippen molar-refractivity contribution in [1.29, 1.82) is 0 Å². The Bertz CT molecular complexity index is 899. The quantitative estimate of drug-likeness (QED) is 0.383. The molecule has 2 aromatic rings. The van der Waals surface area contributed by atoms with Crippen LogP contribution in [0.3, 0.4) is 0 Å². The molecule has 0 amide bonds. The number of benzene rings is 2. The van der Waals surface area contributed by atoms with Crippen LogP contribution in [0.2, 0.25) is 0 Å². The van der Waals surface area contributed by atoms with Gasteiger partial charge in [0.1, 0.15) is 18.5 Å². The van der Waals surface area contributed by atoms with Crippen LogP contribution in [-0.2, 0) is 5.41 Å². The third kappa shape index (κ3) is 6.50. The summed E-state index contributed by atoms with van der Waals surface area (Å²) in [6, 6.07) is 12.8. The first kappa shape index (κ1) is 27.2. The highest BCUT2D eigenvalue weighted by Crippen LogP contribution is 2.41. The lowest BCUT2D eigenvalue weighted by Gasteiger charge is -2.34. The van der Waals surface area contributed by atoms with Gasteiger partial charge in [-0.1, -0.05) is 58.9 Å². The number of aliphatic hydroxyl groups is 3. The molecule has 5 heteroatoms. The average molecular weight is 458 g/mol. The van der Waals surface area contributed by atoms with Crippen molar-refractivity contribution in [3.05, 3.63) is 58.7 Å². The Labute approximate surface area is 199 Å². The summed E-state index contributed by atoms with van der Waals surface area (Å²) >= 11 is 0. The molecule has 184 valence electrons. The van der Waals surface area contributed by atoms with E-state index in [4.69, 9.17) is 9.84 Å². The molecule has 0 heterocycles. The van der Waals surface area contributed by atoms with Crippen LogP contribution < -0.4 is 10.1 Å². The second kappa shape index (κ2) is 11.4. The highest BCUT2D eigenvalue weighted by molar-refractivity contribution is 5.55. The molecule has 2 aromatic carbocycles. The molecule has 0 bridgehead atoms. The summed E-state index contributed by atoms with van der Waals surface area (Å²) in [5.74, 6) is 0.723. The molecular weight excluding hydrogens is 414 g/mol. The lowest BCUT2D eigenvalue weighted by atomic mass is 9.70. The summed E-state index contributed by atoms with van der Waals surface area (Å²) in [5, 5.41) is 32.4. The molecule has 0 saturated carbocycles. The van der Waals surface area contributed by atoms with Crippen molar-refractivity contribution in [1.82, 2.24) is 0 Å². The fourth-order valence-corrected chi connectivity index (χ4v) is 4.25. The Hall–Kier alpha value is -2.08. The molecule has 0 radical (unpaired) electrons. The van der Waals surface area contributed by atoms with E-state index >= 15 is 0 Å². The molecular formula is C28H43NO4. The molecule has 2 atom stereocenters. The number of aliphatic hydroxyl groups excluding tert-OH is 3. The van der Waals surface area contributed by atoms with Gasteiger partial charge in [-0.3, -0.25) is 0 Å². The maximum Gasteiger partial charge on any atom is 0.122 e. The molecule has 0 aliphatic rings. The van der Waals surface area contributed by atoms with E-state index in [1.165, 1.54) is 11.1 Å². The lowest BCUT2D eigenvalue weighted by molar-refractivity contribution is 0.0534. The van der Waals surface area contributed by atoms with Crippen LogP contribution >= 0.6 is 0 Å². The van der Waals surface area contributed by atoms with Gasteiger partial charge in [0.25, 0.3) is 0 Å². The molecule has 0 aromatic heterocycles. The summed E-state index contributed by atoms with van der Waals surface area (Å²) in [7, 11) is 0. The van der Waals surface area contributed by atoms with E-state index < -0.39 is 12.2 Å². The summed E-state index contributed by atoms with van der Waals surface area (Å²) in [5.41, 5.74) is 5.45. The number of aryl methyl sites for hydroxylation is 2. The van der Waals surface area contributed by atoms with Gasteiger partial charge >= 0.3 is 0 Å². The van der Waals surface area contributed by atoms with E-state index in [1.807, 2.05) is 33.8 Å². The highest BCUT2D eigenvalue weighted by Gasteiger charge is 2.31. The Kier molecular flexibility index (Phi) is 9.36. The number of nitrogens with one attached hydrogen (secondary N) is 1. The number of hydrogen-bond donors (Lipinski definition) is 4. The van der Waals surface area contributed by atoms with Crippen molar-refractivity contribution in [2.75, 3.05) is 25.1 Å². The molecule has 0 saturated heterocycles. The van der Waals surface area contributed by atoms with Gasteiger partial charge < -0.3 is 25.4 Å². The van der Waals surface area contributed by atoms with Crippen molar-refractivity contribution < 1.29 is 20.1 Å². The summed E-state index contributed by atoms with van der Waals surface area (Å²) < 4.78 is 5.70. The van der Waals surface area contributed by atoms with E-state index in [0.717, 1.165) is 35.4 Å². The van der Waals surface area contributed by atoms with Gasteiger partial charge in [0.15, 0.2) is 0 Å². The van der Waals surface area contributed by atoms with E-state index in [2.05, 4.69) is 56.4 Å². The Morgan fingerprint density at radius 2 is 1.48 bits per heavy atom. The fraction of sp³-hybridized carbons (Fsp3) is 0.571. The second-order valence-corrected chi connectivity index (χ2v) is 10.2. The van der Waals surface area contributed by atoms with Crippen molar-refractivity contribution in [2.24, 2.45) is 5.41 Å². The standard InChI is InChI=1S/C28H43NO4/c1-8-28(9-2,22-11-13-25(20(4)15-22)33-18-23(31)17-30)21-10-12-24(19(3)14-21)29-16-26(32)27(5,6)7/h10-15,23,26,29-32H,8-9,16-18H2,1-7H3/t23-,26?/m0/s1. The van der Waals surface area contributed by atoms with Crippen molar-refractivity contribution in [3.63, 3.8) is 0 Å². The number of rotatable bonds is 11. The monoisotopic (exact) mass is 457 g/mol. The van der Waals surface area contributed by atoms with E-state index in [0.29, 0.717) is 6.54 Å². The molecule has 5 nitrogen and oxygen atoms in total. The van der Waals surface area contributed by atoms with Crippen LogP contribution in [0, 0.1) is 19.3 Å². The predicted molar refractivity (Wildman–Crippen MR) is 136 cm³/mol. The topological polar surface area (TPSA) is 82.0 Å². The SMILES string of the molecule is CCC(CC)(c1ccc(NCC(O)C(C)(C)C)c(C)c1)c1ccc(OC[C@@H](O)CO)c(C)c1. The molecule has 33 heavy (non-hydrogen) atoms. The minimum absolute atomic E-state index is 0.0704. The van der Waals surface area contributed by atoms with Gasteiger partial charge in [-0.05, 0) is 66.5 Å². The zero-order valence-corrected chi connectivity index (χ0v) is 21.4. The Balaban J connectivity index is 2.31. The minimum Gasteiger partial charge on any atom is -0.491 e. The summed E-state index contributed by atoms with van der Waals surface area (Å²) in [4.78, 5) is 0. The molecule has 2 rings (SSSR count). The van der Waals surface area contributed by atoms with Crippen LogP contribution in [0.1, 0.15) is 69.7 Å². The first-order chi connectivity index (χ1) is 15.5. The fourth-order valence-electron chi connectivity index (χ4n) is 4.25. The van der Waals surface area contributed by atoms with Gasteiger partial charge in [-0.2, -0.15) is 0 Å². The van der Waals surface area contributed by atoms with E-state index in [1.54, 1.807) is 0 Å². The summed E-state index contributed by atoms with van der Waals surface area (Å²) in [6.07, 6.45) is 0.612. The van der Waals surface area contributed by atoms with Crippen LogP contribution in [0.15, 0.2) is 36.4 Å². The van der Waals surface area contributed by atoms with Crippen LogP contribution in [0.25, 0.3) is 0 Å². The predicted octanol–water partition coefficient (Wildman–Crippen LogP) is 4.96. The molecule has 0 aliphatic carbocycles. The smallest absolute Gasteiger partial charge is 0.122 e. The van der Waals surface area contributed by atoms with Gasteiger partial charge in [0.05, 0.1) is 12.7 Å². The van der Waals surface area contributed by atoms with Gasteiger partial charge in [-0.15, -0.1) is 0 Å². The average Bonchev–Trinajstić information content (AvgIpc) is 2.78. The molecule has 1 unspecified atom stereocenters. The summed E-state index contributed by atoms with van der Waals surface area (Å²) in [6.45, 7) is 15.0. The first-order valence-corrected chi connectivity index (χ1v) is 12.0. The number of ether oxygens (including phenoxy) is 1. The third-order valence-electron chi connectivity index (χ3n) is 6.84. The van der Waals surface area contributed by atoms with Crippen molar-refractivity contribution in [3.8, 4) is 5.75 Å². The molecule has 0 aliphatic heterocycles. The van der Waals surface area contributed by atoms with E-state index in [-0.39, 0.29) is 24.0 Å². The minimum atomic E-state index is -0.880. The van der Waals surface area contributed by atoms with E-state index in [9.17, 15) is 10.2 Å². The van der Waals surface area contributed by atoms with Crippen molar-refractivity contribution >= 4 is 5.69 Å². The molecule has 4 N–H and O–H groups in total. The first-order valence-electron chi connectivity index (χ1n) is 12.0. The highest BCUT2D eigenvalue weighted by atomic mass is 16.5. The molecule has 0 spiro atoms. The zero-order chi connectivity index (χ0) is 24.8. The van der Waals surface area contributed by atoms with Gasteiger partial charge in [0, 0.05) is 17.6 Å².